The molecule has 0 aliphatic carbocycles. The molecule has 2 fully saturated rings. The number of piperidine rings is 1. The number of anilines is 1. The Labute approximate surface area is 142 Å². The topological polar surface area (TPSA) is 61.9 Å². The quantitative estimate of drug-likeness (QED) is 0.913. The van der Waals surface area contributed by atoms with Crippen LogP contribution in [0.25, 0.3) is 0 Å². The summed E-state index contributed by atoms with van der Waals surface area (Å²) in [6.45, 7) is 3.34. The standard InChI is InChI=1S/C18H25N3O3/c1-20-8-3-2-7-16(20)17(22)19-15-6-4-5-14(13-15)18(23)21-9-11-24-12-10-21/h4-6,13,16H,2-3,7-12H2,1H3,(H,19,22)/t16-/m0/s1. The molecule has 0 saturated carbocycles. The Morgan fingerprint density at radius 2 is 1.96 bits per heavy atom. The molecule has 6 nitrogen and oxygen atoms in total. The van der Waals surface area contributed by atoms with Crippen LogP contribution in [0.4, 0.5) is 5.69 Å². The summed E-state index contributed by atoms with van der Waals surface area (Å²) >= 11 is 0. The molecular formula is C18H25N3O3. The molecular weight excluding hydrogens is 306 g/mol. The van der Waals surface area contributed by atoms with Crippen LogP contribution in [0.5, 0.6) is 0 Å². The number of likely N-dealkylation sites (N-methyl/N-ethyl adjacent to an activating group) is 1. The van der Waals surface area contributed by atoms with Crippen LogP contribution < -0.4 is 5.32 Å². The number of benzene rings is 1. The van der Waals surface area contributed by atoms with Crippen LogP contribution in [-0.4, -0.2) is 67.6 Å². The van der Waals surface area contributed by atoms with Gasteiger partial charge in [0, 0.05) is 24.3 Å². The van der Waals surface area contributed by atoms with E-state index in [4.69, 9.17) is 4.74 Å². The molecule has 0 aromatic heterocycles. The minimum Gasteiger partial charge on any atom is -0.378 e. The van der Waals surface area contributed by atoms with E-state index in [9.17, 15) is 9.59 Å². The molecule has 24 heavy (non-hydrogen) atoms. The van der Waals surface area contributed by atoms with Crippen molar-refractivity contribution in [3.05, 3.63) is 29.8 Å². The van der Waals surface area contributed by atoms with Gasteiger partial charge in [-0.25, -0.2) is 0 Å². The molecule has 2 aliphatic rings. The van der Waals surface area contributed by atoms with Gasteiger partial charge in [0.1, 0.15) is 0 Å². The normalized spacial score (nSPS) is 22.2. The number of ether oxygens (including phenoxy) is 1. The van der Waals surface area contributed by atoms with Gasteiger partial charge in [-0.2, -0.15) is 0 Å². The SMILES string of the molecule is CN1CCCC[C@H]1C(=O)Nc1cccc(C(=O)N2CCOCC2)c1. The lowest BCUT2D eigenvalue weighted by Gasteiger charge is -2.31. The van der Waals surface area contributed by atoms with E-state index in [2.05, 4.69) is 10.2 Å². The van der Waals surface area contributed by atoms with E-state index in [1.165, 1.54) is 0 Å². The predicted octanol–water partition coefficient (Wildman–Crippen LogP) is 1.58. The minimum absolute atomic E-state index is 0.00757. The van der Waals surface area contributed by atoms with Crippen molar-refractivity contribution in [2.75, 3.05) is 45.2 Å². The van der Waals surface area contributed by atoms with Gasteiger partial charge in [0.2, 0.25) is 5.91 Å². The molecule has 130 valence electrons. The molecule has 3 rings (SSSR count). The smallest absolute Gasteiger partial charge is 0.254 e. The molecule has 1 N–H and O–H groups in total. The first kappa shape index (κ1) is 16.9. The van der Waals surface area contributed by atoms with Crippen LogP contribution in [0.1, 0.15) is 29.6 Å². The molecule has 2 aliphatic heterocycles. The number of hydrogen-bond acceptors (Lipinski definition) is 4. The number of carbonyl (C=O) groups excluding carboxylic acids is 2. The molecule has 0 bridgehead atoms. The van der Waals surface area contributed by atoms with Gasteiger partial charge in [-0.3, -0.25) is 14.5 Å². The maximum atomic E-state index is 12.5. The highest BCUT2D eigenvalue weighted by atomic mass is 16.5. The van der Waals surface area contributed by atoms with Crippen molar-refractivity contribution in [1.29, 1.82) is 0 Å². The maximum Gasteiger partial charge on any atom is 0.254 e. The first-order chi connectivity index (χ1) is 11.6. The van der Waals surface area contributed by atoms with E-state index < -0.39 is 0 Å². The van der Waals surface area contributed by atoms with Gasteiger partial charge in [-0.05, 0) is 44.6 Å². The molecule has 1 aromatic carbocycles. The molecule has 2 saturated heterocycles. The van der Waals surface area contributed by atoms with Gasteiger partial charge in [0.25, 0.3) is 5.91 Å². The Bertz CT molecular complexity index is 599. The summed E-state index contributed by atoms with van der Waals surface area (Å²) in [6, 6.07) is 7.11. The minimum atomic E-state index is -0.0858. The van der Waals surface area contributed by atoms with E-state index in [0.29, 0.717) is 37.6 Å². The Kier molecular flexibility index (Phi) is 5.48. The van der Waals surface area contributed by atoms with E-state index in [-0.39, 0.29) is 17.9 Å². The van der Waals surface area contributed by atoms with Gasteiger partial charge in [0.15, 0.2) is 0 Å². The number of amides is 2. The summed E-state index contributed by atoms with van der Waals surface area (Å²) in [4.78, 5) is 28.9. The van der Waals surface area contributed by atoms with Crippen LogP contribution in [0.15, 0.2) is 24.3 Å². The van der Waals surface area contributed by atoms with Crippen molar-refractivity contribution in [3.8, 4) is 0 Å². The molecule has 1 atom stereocenters. The largest absolute Gasteiger partial charge is 0.378 e. The van der Waals surface area contributed by atoms with Gasteiger partial charge in [-0.1, -0.05) is 12.5 Å². The second-order valence-corrected chi connectivity index (χ2v) is 6.47. The molecule has 2 heterocycles. The lowest BCUT2D eigenvalue weighted by Crippen LogP contribution is -2.44. The van der Waals surface area contributed by atoms with Crippen LogP contribution >= 0.6 is 0 Å². The monoisotopic (exact) mass is 331 g/mol. The van der Waals surface area contributed by atoms with E-state index >= 15 is 0 Å². The Morgan fingerprint density at radius 3 is 2.71 bits per heavy atom. The maximum absolute atomic E-state index is 12.5. The Morgan fingerprint density at radius 1 is 1.17 bits per heavy atom. The molecule has 2 amide bonds. The van der Waals surface area contributed by atoms with Gasteiger partial charge >= 0.3 is 0 Å². The van der Waals surface area contributed by atoms with Gasteiger partial charge < -0.3 is 15.0 Å². The van der Waals surface area contributed by atoms with Crippen molar-refractivity contribution < 1.29 is 14.3 Å². The third-order valence-electron chi connectivity index (χ3n) is 4.75. The summed E-state index contributed by atoms with van der Waals surface area (Å²) < 4.78 is 5.28. The van der Waals surface area contributed by atoms with Crippen molar-refractivity contribution in [1.82, 2.24) is 9.80 Å². The fraction of sp³-hybridized carbons (Fsp3) is 0.556. The summed E-state index contributed by atoms with van der Waals surface area (Å²) in [5.41, 5.74) is 1.28. The Balaban J connectivity index is 1.66. The number of carbonyl (C=O) groups is 2. The lowest BCUT2D eigenvalue weighted by atomic mass is 10.0. The van der Waals surface area contributed by atoms with Gasteiger partial charge in [0.05, 0.1) is 19.3 Å². The highest BCUT2D eigenvalue weighted by Crippen LogP contribution is 2.18. The zero-order valence-electron chi connectivity index (χ0n) is 14.2. The lowest BCUT2D eigenvalue weighted by molar-refractivity contribution is -0.121. The average Bonchev–Trinajstić information content (AvgIpc) is 2.62. The third-order valence-corrected chi connectivity index (χ3v) is 4.75. The van der Waals surface area contributed by atoms with Crippen LogP contribution in [-0.2, 0) is 9.53 Å². The number of likely N-dealkylation sites (tertiary alicyclic amines) is 1. The zero-order chi connectivity index (χ0) is 16.9. The number of rotatable bonds is 3. The third kappa shape index (κ3) is 3.94. The zero-order valence-corrected chi connectivity index (χ0v) is 14.2. The summed E-state index contributed by atoms with van der Waals surface area (Å²) in [5.74, 6) is -0.00245. The van der Waals surface area contributed by atoms with Crippen molar-refractivity contribution in [3.63, 3.8) is 0 Å². The average molecular weight is 331 g/mol. The first-order valence-electron chi connectivity index (χ1n) is 8.63. The van der Waals surface area contributed by atoms with Crippen molar-refractivity contribution in [2.24, 2.45) is 0 Å². The van der Waals surface area contributed by atoms with Crippen LogP contribution in [0, 0.1) is 0 Å². The van der Waals surface area contributed by atoms with Crippen molar-refractivity contribution in [2.45, 2.75) is 25.3 Å². The second-order valence-electron chi connectivity index (χ2n) is 6.47. The molecule has 6 heteroatoms. The molecule has 1 aromatic rings. The summed E-state index contributed by atoms with van der Waals surface area (Å²) in [5, 5.41) is 2.96. The van der Waals surface area contributed by atoms with Crippen LogP contribution in [0.2, 0.25) is 0 Å². The number of nitrogens with one attached hydrogen (secondary N) is 1. The first-order valence-corrected chi connectivity index (χ1v) is 8.63. The summed E-state index contributed by atoms with van der Waals surface area (Å²) in [7, 11) is 1.99. The highest BCUT2D eigenvalue weighted by Gasteiger charge is 2.26. The Hall–Kier alpha value is -1.92. The van der Waals surface area contributed by atoms with E-state index in [0.717, 1.165) is 25.8 Å². The van der Waals surface area contributed by atoms with Crippen LogP contribution in [0.3, 0.4) is 0 Å². The number of morpholine rings is 1. The van der Waals surface area contributed by atoms with E-state index in [1.54, 1.807) is 17.0 Å². The number of hydrogen-bond donors (Lipinski definition) is 1. The predicted molar refractivity (Wildman–Crippen MR) is 92.1 cm³/mol. The van der Waals surface area contributed by atoms with Gasteiger partial charge in [-0.15, -0.1) is 0 Å². The molecule has 0 radical (unpaired) electrons. The summed E-state index contributed by atoms with van der Waals surface area (Å²) in [6.07, 6.45) is 3.11. The fourth-order valence-electron chi connectivity index (χ4n) is 3.31. The van der Waals surface area contributed by atoms with E-state index in [1.807, 2.05) is 19.2 Å². The second kappa shape index (κ2) is 7.77. The number of nitrogens with zero attached hydrogens (tertiary/aromatic N) is 2. The highest BCUT2D eigenvalue weighted by molar-refractivity contribution is 5.98. The fourth-order valence-corrected chi connectivity index (χ4v) is 3.31. The van der Waals surface area contributed by atoms with Crippen molar-refractivity contribution >= 4 is 17.5 Å². The molecule has 0 unspecified atom stereocenters. The molecule has 0 spiro atoms.